The summed E-state index contributed by atoms with van der Waals surface area (Å²) in [6, 6.07) is 7.16. The van der Waals surface area contributed by atoms with Gasteiger partial charge in [0.1, 0.15) is 5.69 Å². The van der Waals surface area contributed by atoms with Crippen molar-refractivity contribution in [2.45, 2.75) is 19.9 Å². The molecule has 146 valence electrons. The second-order valence-electron chi connectivity index (χ2n) is 5.86. The number of rotatable bonds is 10. The standard InChI is InChI=1S/C19H26N4O4/c1-13-10-15(23-19(22-13)20-8-5-9-25-2)18(24)21-12-14-6-7-16(26-3)17(11-14)27-4/h6-7,10-11H,5,8-9,12H2,1-4H3,(H,21,24)(H,20,22,23). The summed E-state index contributed by atoms with van der Waals surface area (Å²) in [4.78, 5) is 21.1. The Bertz CT molecular complexity index is 767. The summed E-state index contributed by atoms with van der Waals surface area (Å²) in [5, 5.41) is 5.97. The molecule has 8 heteroatoms. The van der Waals surface area contributed by atoms with Crippen LogP contribution in [0, 0.1) is 6.92 Å². The summed E-state index contributed by atoms with van der Waals surface area (Å²) >= 11 is 0. The van der Waals surface area contributed by atoms with E-state index in [0.29, 0.717) is 42.8 Å². The topological polar surface area (TPSA) is 94.6 Å². The Morgan fingerprint density at radius 2 is 1.85 bits per heavy atom. The Morgan fingerprint density at radius 1 is 1.07 bits per heavy atom. The highest BCUT2D eigenvalue weighted by Gasteiger charge is 2.11. The van der Waals surface area contributed by atoms with E-state index < -0.39 is 0 Å². The molecule has 27 heavy (non-hydrogen) atoms. The molecule has 0 saturated heterocycles. The number of benzene rings is 1. The van der Waals surface area contributed by atoms with Crippen LogP contribution < -0.4 is 20.1 Å². The lowest BCUT2D eigenvalue weighted by Crippen LogP contribution is -2.24. The van der Waals surface area contributed by atoms with E-state index in [1.165, 1.54) is 0 Å². The van der Waals surface area contributed by atoms with Gasteiger partial charge in [-0.15, -0.1) is 0 Å². The number of methoxy groups -OCH3 is 3. The van der Waals surface area contributed by atoms with Crippen molar-refractivity contribution in [2.75, 3.05) is 39.8 Å². The zero-order chi connectivity index (χ0) is 19.6. The molecule has 0 bridgehead atoms. The van der Waals surface area contributed by atoms with Crippen LogP contribution in [0.1, 0.15) is 28.2 Å². The third kappa shape index (κ3) is 6.10. The van der Waals surface area contributed by atoms with Gasteiger partial charge in [0.25, 0.3) is 5.91 Å². The van der Waals surface area contributed by atoms with E-state index in [4.69, 9.17) is 14.2 Å². The van der Waals surface area contributed by atoms with Crippen LogP contribution in [-0.4, -0.2) is 50.4 Å². The Labute approximate surface area is 159 Å². The van der Waals surface area contributed by atoms with Crippen LogP contribution in [0.2, 0.25) is 0 Å². The van der Waals surface area contributed by atoms with E-state index >= 15 is 0 Å². The molecule has 1 amide bonds. The lowest BCUT2D eigenvalue weighted by molar-refractivity contribution is 0.0945. The smallest absolute Gasteiger partial charge is 0.270 e. The summed E-state index contributed by atoms with van der Waals surface area (Å²) in [5.74, 6) is 1.42. The molecule has 0 aliphatic carbocycles. The first-order valence-corrected chi connectivity index (χ1v) is 8.65. The molecule has 2 aromatic rings. The Hall–Kier alpha value is -2.87. The van der Waals surface area contributed by atoms with Crippen molar-refractivity contribution >= 4 is 11.9 Å². The number of hydrogen-bond acceptors (Lipinski definition) is 7. The van der Waals surface area contributed by atoms with E-state index in [9.17, 15) is 4.79 Å². The van der Waals surface area contributed by atoms with Crippen molar-refractivity contribution in [3.05, 3.63) is 41.2 Å². The van der Waals surface area contributed by atoms with Gasteiger partial charge in [0.2, 0.25) is 5.95 Å². The number of aryl methyl sites for hydroxylation is 1. The largest absolute Gasteiger partial charge is 0.493 e. The third-order valence-corrected chi connectivity index (χ3v) is 3.80. The molecule has 0 aliphatic rings. The van der Waals surface area contributed by atoms with Gasteiger partial charge in [0, 0.05) is 32.5 Å². The van der Waals surface area contributed by atoms with Crippen LogP contribution in [0.5, 0.6) is 11.5 Å². The third-order valence-electron chi connectivity index (χ3n) is 3.80. The predicted molar refractivity (Wildman–Crippen MR) is 102 cm³/mol. The van der Waals surface area contributed by atoms with Crippen LogP contribution >= 0.6 is 0 Å². The van der Waals surface area contributed by atoms with E-state index in [2.05, 4.69) is 20.6 Å². The molecule has 0 saturated carbocycles. The number of aromatic nitrogens is 2. The second kappa shape index (κ2) is 10.3. The Morgan fingerprint density at radius 3 is 2.56 bits per heavy atom. The van der Waals surface area contributed by atoms with E-state index in [-0.39, 0.29) is 5.91 Å². The lowest BCUT2D eigenvalue weighted by Gasteiger charge is -2.11. The minimum Gasteiger partial charge on any atom is -0.493 e. The van der Waals surface area contributed by atoms with Crippen LogP contribution in [-0.2, 0) is 11.3 Å². The van der Waals surface area contributed by atoms with Gasteiger partial charge in [-0.25, -0.2) is 9.97 Å². The van der Waals surface area contributed by atoms with Gasteiger partial charge in [-0.2, -0.15) is 0 Å². The highest BCUT2D eigenvalue weighted by molar-refractivity contribution is 5.92. The zero-order valence-corrected chi connectivity index (χ0v) is 16.2. The summed E-state index contributed by atoms with van der Waals surface area (Å²) in [5.41, 5.74) is 1.93. The fourth-order valence-corrected chi connectivity index (χ4v) is 2.44. The van der Waals surface area contributed by atoms with Gasteiger partial charge < -0.3 is 24.8 Å². The first-order chi connectivity index (χ1) is 13.1. The Kier molecular flexibility index (Phi) is 7.81. The number of anilines is 1. The van der Waals surface area contributed by atoms with Crippen molar-refractivity contribution < 1.29 is 19.0 Å². The van der Waals surface area contributed by atoms with Crippen LogP contribution in [0.15, 0.2) is 24.3 Å². The molecule has 2 N–H and O–H groups in total. The van der Waals surface area contributed by atoms with Crippen molar-refractivity contribution in [1.29, 1.82) is 0 Å². The maximum absolute atomic E-state index is 12.5. The van der Waals surface area contributed by atoms with Crippen LogP contribution in [0.3, 0.4) is 0 Å². The predicted octanol–water partition coefficient (Wildman–Crippen LogP) is 2.18. The zero-order valence-electron chi connectivity index (χ0n) is 16.2. The molecule has 0 spiro atoms. The molecule has 8 nitrogen and oxygen atoms in total. The van der Waals surface area contributed by atoms with Crippen molar-refractivity contribution in [2.24, 2.45) is 0 Å². The fourth-order valence-electron chi connectivity index (χ4n) is 2.44. The molecule has 0 radical (unpaired) electrons. The lowest BCUT2D eigenvalue weighted by atomic mass is 10.2. The van der Waals surface area contributed by atoms with Gasteiger partial charge in [-0.05, 0) is 37.1 Å². The molecule has 0 atom stereocenters. The Balaban J connectivity index is 2.00. The first-order valence-electron chi connectivity index (χ1n) is 8.65. The summed E-state index contributed by atoms with van der Waals surface area (Å²) in [6.45, 7) is 3.49. The summed E-state index contributed by atoms with van der Waals surface area (Å²) in [6.07, 6.45) is 0.828. The number of amides is 1. The number of ether oxygens (including phenoxy) is 3. The van der Waals surface area contributed by atoms with Gasteiger partial charge in [0.15, 0.2) is 11.5 Å². The van der Waals surface area contributed by atoms with Crippen LogP contribution in [0.25, 0.3) is 0 Å². The highest BCUT2D eigenvalue weighted by atomic mass is 16.5. The van der Waals surface area contributed by atoms with E-state index in [0.717, 1.165) is 17.7 Å². The SMILES string of the molecule is COCCCNc1nc(C)cc(C(=O)NCc2ccc(OC)c(OC)c2)n1. The monoisotopic (exact) mass is 374 g/mol. The molecule has 1 aromatic carbocycles. The summed E-state index contributed by atoms with van der Waals surface area (Å²) in [7, 11) is 4.81. The van der Waals surface area contributed by atoms with Crippen molar-refractivity contribution in [1.82, 2.24) is 15.3 Å². The molecule has 1 heterocycles. The molecular formula is C19H26N4O4. The average Bonchev–Trinajstić information content (AvgIpc) is 2.68. The molecule has 0 aliphatic heterocycles. The molecule has 0 fully saturated rings. The number of nitrogens with one attached hydrogen (secondary N) is 2. The highest BCUT2D eigenvalue weighted by Crippen LogP contribution is 2.27. The van der Waals surface area contributed by atoms with Crippen molar-refractivity contribution in [3.63, 3.8) is 0 Å². The molecular weight excluding hydrogens is 348 g/mol. The number of hydrogen-bond donors (Lipinski definition) is 2. The number of nitrogens with zero attached hydrogens (tertiary/aromatic N) is 2. The normalized spacial score (nSPS) is 10.4. The van der Waals surface area contributed by atoms with Crippen LogP contribution in [0.4, 0.5) is 5.95 Å². The number of carbonyl (C=O) groups is 1. The van der Waals surface area contributed by atoms with Gasteiger partial charge in [-0.1, -0.05) is 6.07 Å². The number of carbonyl (C=O) groups excluding carboxylic acids is 1. The van der Waals surface area contributed by atoms with Gasteiger partial charge >= 0.3 is 0 Å². The van der Waals surface area contributed by atoms with Crippen molar-refractivity contribution in [3.8, 4) is 11.5 Å². The van der Waals surface area contributed by atoms with E-state index in [1.54, 1.807) is 33.5 Å². The maximum Gasteiger partial charge on any atom is 0.270 e. The minimum absolute atomic E-state index is 0.268. The maximum atomic E-state index is 12.5. The fraction of sp³-hybridized carbons (Fsp3) is 0.421. The van der Waals surface area contributed by atoms with Gasteiger partial charge in [-0.3, -0.25) is 4.79 Å². The minimum atomic E-state index is -0.268. The van der Waals surface area contributed by atoms with E-state index in [1.807, 2.05) is 19.1 Å². The molecule has 1 aromatic heterocycles. The first kappa shape index (κ1) is 20.4. The molecule has 0 unspecified atom stereocenters. The van der Waals surface area contributed by atoms with Gasteiger partial charge in [0.05, 0.1) is 14.2 Å². The summed E-state index contributed by atoms with van der Waals surface area (Å²) < 4.78 is 15.5. The average molecular weight is 374 g/mol. The quantitative estimate of drug-likeness (QED) is 0.616. The molecule has 2 rings (SSSR count). The second-order valence-corrected chi connectivity index (χ2v) is 5.86.